The molecule has 19 heavy (non-hydrogen) atoms. The van der Waals surface area contributed by atoms with Crippen molar-refractivity contribution in [3.63, 3.8) is 0 Å². The topological polar surface area (TPSA) is 9.23 Å². The monoisotopic (exact) mass is 378 g/mol. The van der Waals surface area contributed by atoms with E-state index in [-0.39, 0.29) is 0 Å². The smallest absolute Gasteiger partial charge is 0.124 e. The fourth-order valence-electron chi connectivity index (χ4n) is 1.61. The Kier molecular flexibility index (Phi) is 5.40. The molecule has 2 aromatic carbocycles. The summed E-state index contributed by atoms with van der Waals surface area (Å²) in [4.78, 5) is 0. The van der Waals surface area contributed by atoms with Crippen LogP contribution in [0.2, 0.25) is 10.0 Å². The summed E-state index contributed by atoms with van der Waals surface area (Å²) in [6.07, 6.45) is 0. The molecule has 0 saturated heterocycles. The van der Waals surface area contributed by atoms with Crippen LogP contribution in [-0.4, -0.2) is 0 Å². The van der Waals surface area contributed by atoms with Crippen LogP contribution in [0.5, 0.6) is 5.75 Å². The summed E-state index contributed by atoms with van der Waals surface area (Å²) >= 11 is 21.5. The molecular formula is C14H10BrCl3O. The maximum absolute atomic E-state index is 6.10. The Bertz CT molecular complexity index is 567. The van der Waals surface area contributed by atoms with Gasteiger partial charge in [-0.2, -0.15) is 0 Å². The summed E-state index contributed by atoms with van der Waals surface area (Å²) in [5, 5.41) is 1.19. The highest BCUT2D eigenvalue weighted by atomic mass is 79.9. The summed E-state index contributed by atoms with van der Waals surface area (Å²) in [6.45, 7) is 0.310. The average Bonchev–Trinajstić information content (AvgIpc) is 2.39. The van der Waals surface area contributed by atoms with Gasteiger partial charge in [0.25, 0.3) is 0 Å². The minimum absolute atomic E-state index is 0.310. The summed E-state index contributed by atoms with van der Waals surface area (Å²) < 4.78 is 6.72. The van der Waals surface area contributed by atoms with Crippen molar-refractivity contribution in [2.24, 2.45) is 0 Å². The molecule has 0 atom stereocenters. The molecule has 0 N–H and O–H groups in total. The standard InChI is InChI=1S/C14H10BrCl3O/c15-10-4-5-14(9(6-10)7-16)19-8-11-12(17)2-1-3-13(11)18/h1-6H,7-8H2. The van der Waals surface area contributed by atoms with E-state index in [4.69, 9.17) is 39.5 Å². The van der Waals surface area contributed by atoms with Gasteiger partial charge in [-0.1, -0.05) is 45.2 Å². The molecule has 0 radical (unpaired) electrons. The lowest BCUT2D eigenvalue weighted by Gasteiger charge is -2.12. The molecular weight excluding hydrogens is 370 g/mol. The van der Waals surface area contributed by atoms with Crippen molar-refractivity contribution >= 4 is 50.7 Å². The van der Waals surface area contributed by atoms with Gasteiger partial charge in [0.15, 0.2) is 0 Å². The largest absolute Gasteiger partial charge is 0.488 e. The van der Waals surface area contributed by atoms with Crippen molar-refractivity contribution in [3.8, 4) is 5.75 Å². The third-order valence-electron chi connectivity index (χ3n) is 2.60. The number of ether oxygens (including phenoxy) is 1. The molecule has 0 fully saturated rings. The normalized spacial score (nSPS) is 10.5. The number of benzene rings is 2. The van der Waals surface area contributed by atoms with E-state index in [1.807, 2.05) is 18.2 Å². The minimum Gasteiger partial charge on any atom is -0.488 e. The first-order valence-electron chi connectivity index (χ1n) is 5.52. The Labute approximate surface area is 135 Å². The van der Waals surface area contributed by atoms with Crippen LogP contribution in [0.3, 0.4) is 0 Å². The van der Waals surface area contributed by atoms with E-state index in [0.717, 1.165) is 21.3 Å². The summed E-state index contributed by atoms with van der Waals surface area (Å²) in [7, 11) is 0. The maximum atomic E-state index is 6.10. The fourth-order valence-corrected chi connectivity index (χ4v) is 2.74. The Morgan fingerprint density at radius 2 is 1.74 bits per heavy atom. The van der Waals surface area contributed by atoms with E-state index in [2.05, 4.69) is 15.9 Å². The van der Waals surface area contributed by atoms with Crippen molar-refractivity contribution in [2.75, 3.05) is 0 Å². The van der Waals surface area contributed by atoms with Gasteiger partial charge in [-0.25, -0.2) is 0 Å². The van der Waals surface area contributed by atoms with Gasteiger partial charge in [-0.3, -0.25) is 0 Å². The zero-order chi connectivity index (χ0) is 13.8. The molecule has 0 aromatic heterocycles. The highest BCUT2D eigenvalue weighted by Gasteiger charge is 2.08. The van der Waals surface area contributed by atoms with Gasteiger partial charge in [0.1, 0.15) is 12.4 Å². The predicted octanol–water partition coefficient (Wildman–Crippen LogP) is 6.07. The molecule has 0 aliphatic heterocycles. The van der Waals surface area contributed by atoms with E-state index < -0.39 is 0 Å². The first-order chi connectivity index (χ1) is 9.11. The van der Waals surface area contributed by atoms with Gasteiger partial charge in [-0.15, -0.1) is 11.6 Å². The highest BCUT2D eigenvalue weighted by molar-refractivity contribution is 9.10. The first kappa shape index (κ1) is 15.0. The van der Waals surface area contributed by atoms with E-state index in [1.54, 1.807) is 18.2 Å². The van der Waals surface area contributed by atoms with E-state index >= 15 is 0 Å². The lowest BCUT2D eigenvalue weighted by Crippen LogP contribution is -1.99. The van der Waals surface area contributed by atoms with Crippen molar-refractivity contribution in [1.29, 1.82) is 0 Å². The lowest BCUT2D eigenvalue weighted by molar-refractivity contribution is 0.304. The second-order valence-electron chi connectivity index (χ2n) is 3.87. The summed E-state index contributed by atoms with van der Waals surface area (Å²) in [5.74, 6) is 1.11. The van der Waals surface area contributed by atoms with Crippen LogP contribution in [0.1, 0.15) is 11.1 Å². The van der Waals surface area contributed by atoms with Crippen LogP contribution >= 0.6 is 50.7 Å². The van der Waals surface area contributed by atoms with Gasteiger partial charge >= 0.3 is 0 Å². The number of hydrogen-bond acceptors (Lipinski definition) is 1. The molecule has 0 saturated carbocycles. The molecule has 0 heterocycles. The van der Waals surface area contributed by atoms with E-state index in [1.165, 1.54) is 0 Å². The SMILES string of the molecule is ClCc1cc(Br)ccc1OCc1c(Cl)cccc1Cl. The van der Waals surface area contributed by atoms with Crippen LogP contribution in [-0.2, 0) is 12.5 Å². The van der Waals surface area contributed by atoms with Crippen molar-refractivity contribution < 1.29 is 4.74 Å². The van der Waals surface area contributed by atoms with Gasteiger partial charge in [0.05, 0.1) is 5.88 Å². The molecule has 0 spiro atoms. The second kappa shape index (κ2) is 6.85. The third kappa shape index (κ3) is 3.79. The van der Waals surface area contributed by atoms with Gasteiger partial charge in [0.2, 0.25) is 0 Å². The minimum atomic E-state index is 0.310. The van der Waals surface area contributed by atoms with Crippen molar-refractivity contribution in [2.45, 2.75) is 12.5 Å². The second-order valence-corrected chi connectivity index (χ2v) is 5.87. The Morgan fingerprint density at radius 1 is 1.05 bits per heavy atom. The van der Waals surface area contributed by atoms with Crippen molar-refractivity contribution in [1.82, 2.24) is 0 Å². The molecule has 5 heteroatoms. The summed E-state index contributed by atoms with van der Waals surface area (Å²) in [6, 6.07) is 11.1. The quantitative estimate of drug-likeness (QED) is 0.585. The molecule has 0 aliphatic rings. The molecule has 2 rings (SSSR count). The zero-order valence-electron chi connectivity index (χ0n) is 9.80. The maximum Gasteiger partial charge on any atom is 0.124 e. The van der Waals surface area contributed by atoms with Crippen LogP contribution < -0.4 is 4.74 Å². The zero-order valence-corrected chi connectivity index (χ0v) is 13.7. The Hall–Kier alpha value is -0.410. The van der Waals surface area contributed by atoms with Crippen LogP contribution in [0.15, 0.2) is 40.9 Å². The molecule has 0 bridgehead atoms. The van der Waals surface area contributed by atoms with Crippen molar-refractivity contribution in [3.05, 3.63) is 62.0 Å². The molecule has 0 aliphatic carbocycles. The summed E-state index contributed by atoms with van der Waals surface area (Å²) in [5.41, 5.74) is 1.69. The number of hydrogen-bond donors (Lipinski definition) is 0. The van der Waals surface area contributed by atoms with E-state index in [9.17, 15) is 0 Å². The number of alkyl halides is 1. The van der Waals surface area contributed by atoms with Crippen LogP contribution in [0.25, 0.3) is 0 Å². The molecule has 100 valence electrons. The molecule has 0 unspecified atom stereocenters. The number of halogens is 4. The van der Waals surface area contributed by atoms with Crippen LogP contribution in [0.4, 0.5) is 0 Å². The lowest BCUT2D eigenvalue weighted by atomic mass is 10.2. The predicted molar refractivity (Wildman–Crippen MR) is 84.5 cm³/mol. The Balaban J connectivity index is 2.19. The fraction of sp³-hybridized carbons (Fsp3) is 0.143. The highest BCUT2D eigenvalue weighted by Crippen LogP contribution is 2.29. The average molecular weight is 380 g/mol. The van der Waals surface area contributed by atoms with Gasteiger partial charge in [-0.05, 0) is 30.3 Å². The van der Waals surface area contributed by atoms with E-state index in [0.29, 0.717) is 22.5 Å². The third-order valence-corrected chi connectivity index (χ3v) is 4.09. The van der Waals surface area contributed by atoms with Crippen LogP contribution in [0, 0.1) is 0 Å². The molecule has 0 amide bonds. The van der Waals surface area contributed by atoms with Gasteiger partial charge in [0, 0.05) is 25.6 Å². The Morgan fingerprint density at radius 3 is 2.37 bits per heavy atom. The molecule has 2 aromatic rings. The molecule has 1 nitrogen and oxygen atoms in total. The first-order valence-corrected chi connectivity index (χ1v) is 7.60. The van der Waals surface area contributed by atoms with Gasteiger partial charge < -0.3 is 4.74 Å². The number of rotatable bonds is 4.